The molecular formula is C11H21NO3. The van der Waals surface area contributed by atoms with Crippen LogP contribution in [0.3, 0.4) is 0 Å². The summed E-state index contributed by atoms with van der Waals surface area (Å²) < 4.78 is 4.52. The van der Waals surface area contributed by atoms with Gasteiger partial charge in [-0.3, -0.25) is 9.59 Å². The molecule has 1 unspecified atom stereocenters. The van der Waals surface area contributed by atoms with E-state index >= 15 is 0 Å². The van der Waals surface area contributed by atoms with Gasteiger partial charge in [-0.25, -0.2) is 0 Å². The molecule has 0 rings (SSSR count). The van der Waals surface area contributed by atoms with Crippen molar-refractivity contribution in [1.29, 1.82) is 0 Å². The lowest BCUT2D eigenvalue weighted by Crippen LogP contribution is -2.42. The van der Waals surface area contributed by atoms with Gasteiger partial charge >= 0.3 is 5.97 Å². The third kappa shape index (κ3) is 4.81. The van der Waals surface area contributed by atoms with Gasteiger partial charge in [0.25, 0.3) is 0 Å². The number of nitrogens with one attached hydrogen (secondary N) is 1. The number of hydrogen-bond acceptors (Lipinski definition) is 3. The maximum atomic E-state index is 11.7. The summed E-state index contributed by atoms with van der Waals surface area (Å²) in [6.07, 6.45) is 0.978. The maximum absolute atomic E-state index is 11.7. The van der Waals surface area contributed by atoms with Crippen LogP contribution in [0.4, 0.5) is 0 Å². The Morgan fingerprint density at radius 2 is 1.93 bits per heavy atom. The van der Waals surface area contributed by atoms with Crippen molar-refractivity contribution in [3.05, 3.63) is 0 Å². The van der Waals surface area contributed by atoms with Crippen LogP contribution >= 0.6 is 0 Å². The summed E-state index contributed by atoms with van der Waals surface area (Å²) in [4.78, 5) is 22.7. The minimum Gasteiger partial charge on any atom is -0.469 e. The third-order valence-corrected chi connectivity index (χ3v) is 2.58. The minimum absolute atomic E-state index is 0.0265. The summed E-state index contributed by atoms with van der Waals surface area (Å²) in [5, 5.41) is 2.80. The first-order valence-corrected chi connectivity index (χ1v) is 5.21. The Bertz CT molecular complexity index is 236. The van der Waals surface area contributed by atoms with Gasteiger partial charge in [-0.15, -0.1) is 0 Å². The smallest absolute Gasteiger partial charge is 0.307 e. The van der Waals surface area contributed by atoms with Gasteiger partial charge in [0.15, 0.2) is 0 Å². The van der Waals surface area contributed by atoms with Gasteiger partial charge in [0, 0.05) is 11.5 Å². The van der Waals surface area contributed by atoms with Crippen molar-refractivity contribution in [2.24, 2.45) is 5.41 Å². The maximum Gasteiger partial charge on any atom is 0.307 e. The number of rotatable bonds is 5. The average Bonchev–Trinajstić information content (AvgIpc) is 2.17. The topological polar surface area (TPSA) is 55.4 Å². The standard InChI is InChI=1S/C11H21NO3/c1-6-11(3,4)10(14)12-8(2)7-9(13)15-5/h8H,6-7H2,1-5H3,(H,12,14). The molecule has 0 aromatic heterocycles. The van der Waals surface area contributed by atoms with Crippen molar-refractivity contribution < 1.29 is 14.3 Å². The monoisotopic (exact) mass is 215 g/mol. The minimum atomic E-state index is -0.385. The molecule has 1 atom stereocenters. The molecule has 0 aliphatic heterocycles. The zero-order valence-electron chi connectivity index (χ0n) is 10.2. The fraction of sp³-hybridized carbons (Fsp3) is 0.818. The molecule has 88 valence electrons. The number of carbonyl (C=O) groups excluding carboxylic acids is 2. The average molecular weight is 215 g/mol. The van der Waals surface area contributed by atoms with Crippen molar-refractivity contribution in [3.63, 3.8) is 0 Å². The highest BCUT2D eigenvalue weighted by Crippen LogP contribution is 2.19. The lowest BCUT2D eigenvalue weighted by atomic mass is 9.89. The van der Waals surface area contributed by atoms with Crippen LogP contribution in [-0.4, -0.2) is 25.0 Å². The van der Waals surface area contributed by atoms with Crippen LogP contribution < -0.4 is 5.32 Å². The first kappa shape index (κ1) is 13.9. The van der Waals surface area contributed by atoms with Crippen molar-refractivity contribution in [2.75, 3.05) is 7.11 Å². The van der Waals surface area contributed by atoms with E-state index in [-0.39, 0.29) is 29.8 Å². The van der Waals surface area contributed by atoms with Gasteiger partial charge in [0.2, 0.25) is 5.91 Å². The Labute approximate surface area is 91.4 Å². The van der Waals surface area contributed by atoms with E-state index in [2.05, 4.69) is 10.1 Å². The Kier molecular flexibility index (Phi) is 5.33. The van der Waals surface area contributed by atoms with E-state index < -0.39 is 0 Å². The van der Waals surface area contributed by atoms with Crippen molar-refractivity contribution in [2.45, 2.75) is 46.6 Å². The molecule has 1 amide bonds. The van der Waals surface area contributed by atoms with E-state index in [0.29, 0.717) is 0 Å². The van der Waals surface area contributed by atoms with E-state index in [1.807, 2.05) is 20.8 Å². The molecule has 0 saturated carbocycles. The van der Waals surface area contributed by atoms with Crippen molar-refractivity contribution in [3.8, 4) is 0 Å². The lowest BCUT2D eigenvalue weighted by Gasteiger charge is -2.24. The molecule has 1 N–H and O–H groups in total. The largest absolute Gasteiger partial charge is 0.469 e. The molecule has 0 radical (unpaired) electrons. The Morgan fingerprint density at radius 3 is 2.33 bits per heavy atom. The SMILES string of the molecule is CCC(C)(C)C(=O)NC(C)CC(=O)OC. The molecule has 0 aromatic rings. The van der Waals surface area contributed by atoms with E-state index in [9.17, 15) is 9.59 Å². The summed E-state index contributed by atoms with van der Waals surface area (Å²) in [6.45, 7) is 7.52. The van der Waals surface area contributed by atoms with Crippen LogP contribution in [0.5, 0.6) is 0 Å². The molecule has 0 aliphatic carbocycles. The molecule has 15 heavy (non-hydrogen) atoms. The molecule has 0 spiro atoms. The van der Waals surface area contributed by atoms with Gasteiger partial charge in [-0.1, -0.05) is 20.8 Å². The zero-order valence-corrected chi connectivity index (χ0v) is 10.2. The van der Waals surface area contributed by atoms with E-state index in [1.54, 1.807) is 6.92 Å². The highest BCUT2D eigenvalue weighted by Gasteiger charge is 2.26. The molecular weight excluding hydrogens is 194 g/mol. The summed E-state index contributed by atoms with van der Waals surface area (Å²) in [5.74, 6) is -0.335. The van der Waals surface area contributed by atoms with Crippen LogP contribution in [0, 0.1) is 5.41 Å². The highest BCUT2D eigenvalue weighted by atomic mass is 16.5. The normalized spacial score (nSPS) is 13.1. The van der Waals surface area contributed by atoms with E-state index in [4.69, 9.17) is 0 Å². The van der Waals surface area contributed by atoms with E-state index in [1.165, 1.54) is 7.11 Å². The first-order chi connectivity index (χ1) is 6.83. The predicted octanol–water partition coefficient (Wildman–Crippen LogP) is 1.49. The summed E-state index contributed by atoms with van der Waals surface area (Å²) in [7, 11) is 1.34. The van der Waals surface area contributed by atoms with Gasteiger partial charge < -0.3 is 10.1 Å². The zero-order chi connectivity index (χ0) is 12.1. The number of hydrogen-bond donors (Lipinski definition) is 1. The number of esters is 1. The third-order valence-electron chi connectivity index (χ3n) is 2.58. The fourth-order valence-electron chi connectivity index (χ4n) is 0.964. The molecule has 0 saturated heterocycles. The van der Waals surface area contributed by atoms with Crippen LogP contribution in [0.25, 0.3) is 0 Å². The van der Waals surface area contributed by atoms with Crippen LogP contribution in [0.2, 0.25) is 0 Å². The van der Waals surface area contributed by atoms with Gasteiger partial charge in [0.05, 0.1) is 13.5 Å². The van der Waals surface area contributed by atoms with Crippen molar-refractivity contribution in [1.82, 2.24) is 5.32 Å². The fourth-order valence-corrected chi connectivity index (χ4v) is 0.964. The quantitative estimate of drug-likeness (QED) is 0.707. The molecule has 0 aromatic carbocycles. The second kappa shape index (κ2) is 5.73. The Morgan fingerprint density at radius 1 is 1.40 bits per heavy atom. The molecule has 0 aliphatic rings. The summed E-state index contributed by atoms with van der Waals surface area (Å²) in [5.41, 5.74) is -0.385. The van der Waals surface area contributed by atoms with E-state index in [0.717, 1.165) is 6.42 Å². The Balaban J connectivity index is 4.13. The second-order valence-electron chi connectivity index (χ2n) is 4.39. The van der Waals surface area contributed by atoms with Crippen molar-refractivity contribution >= 4 is 11.9 Å². The predicted molar refractivity (Wildman–Crippen MR) is 58.3 cm³/mol. The molecule has 4 nitrogen and oxygen atoms in total. The number of methoxy groups -OCH3 is 1. The van der Waals surface area contributed by atoms with Crippen LogP contribution in [-0.2, 0) is 14.3 Å². The number of ether oxygens (including phenoxy) is 1. The first-order valence-electron chi connectivity index (χ1n) is 5.21. The number of amides is 1. The second-order valence-corrected chi connectivity index (χ2v) is 4.39. The van der Waals surface area contributed by atoms with Crippen LogP contribution in [0.15, 0.2) is 0 Å². The molecule has 0 bridgehead atoms. The summed E-state index contributed by atoms with van der Waals surface area (Å²) >= 11 is 0. The summed E-state index contributed by atoms with van der Waals surface area (Å²) in [6, 6.07) is -0.184. The number of carbonyl (C=O) groups is 2. The molecule has 0 heterocycles. The molecule has 4 heteroatoms. The molecule has 0 fully saturated rings. The van der Waals surface area contributed by atoms with Crippen LogP contribution in [0.1, 0.15) is 40.5 Å². The van der Waals surface area contributed by atoms with Gasteiger partial charge in [-0.2, -0.15) is 0 Å². The van der Waals surface area contributed by atoms with Gasteiger partial charge in [-0.05, 0) is 13.3 Å². The lowest BCUT2D eigenvalue weighted by molar-refractivity contribution is -0.141. The van der Waals surface area contributed by atoms with Gasteiger partial charge in [0.1, 0.15) is 0 Å². The Hall–Kier alpha value is -1.06. The highest BCUT2D eigenvalue weighted by molar-refractivity contribution is 5.82.